The van der Waals surface area contributed by atoms with Crippen molar-refractivity contribution in [2.45, 2.75) is 34.1 Å². The first-order valence-electron chi connectivity index (χ1n) is 6.44. The number of aliphatic hydroxyl groups excluding tert-OH is 1. The van der Waals surface area contributed by atoms with Crippen molar-refractivity contribution >= 4 is 11.5 Å². The van der Waals surface area contributed by atoms with Gasteiger partial charge in [-0.1, -0.05) is 24.6 Å². The van der Waals surface area contributed by atoms with Crippen LogP contribution in [0.15, 0.2) is 17.7 Å². The van der Waals surface area contributed by atoms with E-state index in [2.05, 4.69) is 0 Å². The van der Waals surface area contributed by atoms with Gasteiger partial charge in [0.1, 0.15) is 5.76 Å². The first kappa shape index (κ1) is 15.4. The van der Waals surface area contributed by atoms with Crippen LogP contribution in [0, 0.1) is 20.8 Å². The van der Waals surface area contributed by atoms with Gasteiger partial charge >= 0.3 is 0 Å². The minimum Gasteiger partial charge on any atom is -0.507 e. The van der Waals surface area contributed by atoms with Crippen LogP contribution in [0.5, 0.6) is 0 Å². The van der Waals surface area contributed by atoms with Crippen molar-refractivity contribution in [2.75, 3.05) is 13.7 Å². The Balaban J connectivity index is 3.44. The fourth-order valence-corrected chi connectivity index (χ4v) is 2.34. The first-order valence-corrected chi connectivity index (χ1v) is 6.44. The molecule has 1 rings (SSSR count). The number of Topliss-reactive ketones (excluding diaryl/α,β-unsaturated/α-hetero) is 1. The van der Waals surface area contributed by atoms with Crippen molar-refractivity contribution in [2.24, 2.45) is 0 Å². The highest BCUT2D eigenvalue weighted by molar-refractivity contribution is 6.01. The zero-order valence-electron chi connectivity index (χ0n) is 12.3. The molecule has 0 saturated carbocycles. The number of hydrogen-bond acceptors (Lipinski definition) is 3. The van der Waals surface area contributed by atoms with Gasteiger partial charge in [0.25, 0.3) is 0 Å². The third-order valence-electron chi connectivity index (χ3n) is 3.15. The van der Waals surface area contributed by atoms with Crippen molar-refractivity contribution < 1.29 is 14.6 Å². The van der Waals surface area contributed by atoms with E-state index in [4.69, 9.17) is 4.74 Å². The highest BCUT2D eigenvalue weighted by Crippen LogP contribution is 2.26. The number of aryl methyl sites for hydroxylation is 3. The van der Waals surface area contributed by atoms with Gasteiger partial charge < -0.3 is 9.84 Å². The average Bonchev–Trinajstić information content (AvgIpc) is 2.33. The lowest BCUT2D eigenvalue weighted by Gasteiger charge is -2.14. The molecule has 3 nitrogen and oxygen atoms in total. The summed E-state index contributed by atoms with van der Waals surface area (Å²) in [5.41, 5.74) is 4.15. The Morgan fingerprint density at radius 1 is 1.21 bits per heavy atom. The van der Waals surface area contributed by atoms with Crippen molar-refractivity contribution in [3.05, 3.63) is 40.0 Å². The van der Waals surface area contributed by atoms with Gasteiger partial charge in [0.15, 0.2) is 5.78 Å². The van der Waals surface area contributed by atoms with Crippen LogP contribution >= 0.6 is 0 Å². The summed E-state index contributed by atoms with van der Waals surface area (Å²) in [6, 6.07) is 4.00. The molecule has 0 saturated heterocycles. The molecule has 1 aromatic rings. The summed E-state index contributed by atoms with van der Waals surface area (Å²) >= 11 is 0. The molecular weight excluding hydrogens is 240 g/mol. The molecule has 19 heavy (non-hydrogen) atoms. The molecule has 0 aliphatic rings. The minimum absolute atomic E-state index is 0.0451. The fraction of sp³-hybridized carbons (Fsp3) is 0.438. The summed E-state index contributed by atoms with van der Waals surface area (Å²) in [4.78, 5) is 11.9. The monoisotopic (exact) mass is 262 g/mol. The lowest BCUT2D eigenvalue weighted by atomic mass is 9.95. The van der Waals surface area contributed by atoms with Crippen LogP contribution in [0.25, 0.3) is 5.76 Å². The molecule has 1 N–H and O–H groups in total. The number of carbonyl (C=O) groups is 1. The summed E-state index contributed by atoms with van der Waals surface area (Å²) in [5.74, 6) is -0.0394. The molecule has 0 fully saturated rings. The van der Waals surface area contributed by atoms with E-state index in [1.807, 2.05) is 32.9 Å². The van der Waals surface area contributed by atoms with E-state index in [1.54, 1.807) is 6.92 Å². The minimum atomic E-state index is -0.0845. The Morgan fingerprint density at radius 3 is 2.16 bits per heavy atom. The van der Waals surface area contributed by atoms with Gasteiger partial charge in [-0.25, -0.2) is 0 Å². The summed E-state index contributed by atoms with van der Waals surface area (Å²) in [6.45, 7) is 7.79. The second-order valence-electron chi connectivity index (χ2n) is 4.81. The van der Waals surface area contributed by atoms with Crippen LogP contribution in [0.3, 0.4) is 0 Å². The fourth-order valence-electron chi connectivity index (χ4n) is 2.34. The average molecular weight is 262 g/mol. The normalized spacial score (nSPS) is 12.3. The van der Waals surface area contributed by atoms with Gasteiger partial charge in [0, 0.05) is 19.1 Å². The summed E-state index contributed by atoms with van der Waals surface area (Å²) in [5, 5.41) is 10.4. The smallest absolute Gasteiger partial charge is 0.164 e. The first-order chi connectivity index (χ1) is 8.92. The van der Waals surface area contributed by atoms with Crippen LogP contribution in [0.1, 0.15) is 35.6 Å². The van der Waals surface area contributed by atoms with E-state index >= 15 is 0 Å². The predicted molar refractivity (Wildman–Crippen MR) is 77.4 cm³/mol. The number of ketones is 1. The Hall–Kier alpha value is -1.61. The predicted octanol–water partition coefficient (Wildman–Crippen LogP) is 3.51. The van der Waals surface area contributed by atoms with Crippen LogP contribution in [-0.4, -0.2) is 24.6 Å². The third-order valence-corrected chi connectivity index (χ3v) is 3.15. The van der Waals surface area contributed by atoms with Gasteiger partial charge in [-0.2, -0.15) is 0 Å². The number of carbonyl (C=O) groups excluding carboxylic acids is 1. The molecule has 0 amide bonds. The maximum atomic E-state index is 11.9. The molecule has 1 aromatic carbocycles. The molecule has 3 heteroatoms. The molecule has 0 aliphatic heterocycles. The van der Waals surface area contributed by atoms with Gasteiger partial charge in [0.2, 0.25) is 0 Å². The number of benzene rings is 1. The Kier molecular flexibility index (Phi) is 5.31. The van der Waals surface area contributed by atoms with Crippen molar-refractivity contribution in [1.29, 1.82) is 0 Å². The van der Waals surface area contributed by atoms with Crippen molar-refractivity contribution in [3.63, 3.8) is 0 Å². The third kappa shape index (κ3) is 3.44. The quantitative estimate of drug-likeness (QED) is 0.652. The van der Waals surface area contributed by atoms with Crippen molar-refractivity contribution in [1.82, 2.24) is 0 Å². The van der Waals surface area contributed by atoms with Crippen LogP contribution in [-0.2, 0) is 9.53 Å². The Labute approximate surface area is 114 Å². The lowest BCUT2D eigenvalue weighted by Crippen LogP contribution is -2.11. The molecule has 104 valence electrons. The highest BCUT2D eigenvalue weighted by atomic mass is 16.5. The second kappa shape index (κ2) is 6.53. The van der Waals surface area contributed by atoms with Crippen LogP contribution < -0.4 is 0 Å². The number of ether oxygens (including phenoxy) is 1. The second-order valence-corrected chi connectivity index (χ2v) is 4.81. The molecule has 0 aromatic heterocycles. The number of methoxy groups -OCH3 is 1. The van der Waals surface area contributed by atoms with E-state index in [-0.39, 0.29) is 18.1 Å². The maximum absolute atomic E-state index is 11.9. The number of aliphatic hydroxyl groups is 1. The number of hydrogen-bond donors (Lipinski definition) is 1. The SMILES string of the molecule is CCC(=O)/C(COC)=C(\O)c1c(C)cc(C)cc1C. The summed E-state index contributed by atoms with van der Waals surface area (Å²) in [7, 11) is 1.52. The molecule has 0 atom stereocenters. The molecule has 0 unspecified atom stereocenters. The topological polar surface area (TPSA) is 46.5 Å². The lowest BCUT2D eigenvalue weighted by molar-refractivity contribution is -0.115. The largest absolute Gasteiger partial charge is 0.507 e. The zero-order chi connectivity index (χ0) is 14.6. The summed E-state index contributed by atoms with van der Waals surface area (Å²) < 4.78 is 5.03. The molecule has 0 heterocycles. The van der Waals surface area contributed by atoms with E-state index in [9.17, 15) is 9.90 Å². The number of rotatable bonds is 5. The van der Waals surface area contributed by atoms with E-state index in [0.29, 0.717) is 12.0 Å². The van der Waals surface area contributed by atoms with Gasteiger partial charge in [-0.05, 0) is 31.9 Å². The van der Waals surface area contributed by atoms with Crippen LogP contribution in [0.2, 0.25) is 0 Å². The van der Waals surface area contributed by atoms with Gasteiger partial charge in [0.05, 0.1) is 12.2 Å². The molecular formula is C16H22O3. The molecule has 0 spiro atoms. The molecule has 0 aliphatic carbocycles. The van der Waals surface area contributed by atoms with E-state index < -0.39 is 0 Å². The molecule has 0 bridgehead atoms. The van der Waals surface area contributed by atoms with Crippen molar-refractivity contribution in [3.8, 4) is 0 Å². The Bertz CT molecular complexity index is 490. The van der Waals surface area contributed by atoms with Crippen LogP contribution in [0.4, 0.5) is 0 Å². The van der Waals surface area contributed by atoms with Gasteiger partial charge in [-0.15, -0.1) is 0 Å². The maximum Gasteiger partial charge on any atom is 0.164 e. The Morgan fingerprint density at radius 2 is 1.74 bits per heavy atom. The summed E-state index contributed by atoms with van der Waals surface area (Å²) in [6.07, 6.45) is 0.354. The van der Waals surface area contributed by atoms with Gasteiger partial charge in [-0.3, -0.25) is 4.79 Å². The van der Waals surface area contributed by atoms with E-state index in [1.165, 1.54) is 7.11 Å². The highest BCUT2D eigenvalue weighted by Gasteiger charge is 2.18. The van der Waals surface area contributed by atoms with E-state index in [0.717, 1.165) is 22.3 Å². The standard InChI is InChI=1S/C16H22O3/c1-6-14(17)13(9-19-5)16(18)15-11(3)7-10(2)8-12(15)4/h7-8,18H,6,9H2,1-5H3/b16-13-. The molecule has 0 radical (unpaired) electrons. The zero-order valence-corrected chi connectivity index (χ0v) is 12.3.